The first-order valence-electron chi connectivity index (χ1n) is 4.38. The third kappa shape index (κ3) is 2.69. The number of nitrogens with one attached hydrogen (secondary N) is 1. The van der Waals surface area contributed by atoms with Gasteiger partial charge in [0.05, 0.1) is 4.91 Å². The molecular formula is C10H7Cl2NOS2. The molecule has 0 radical (unpaired) electrons. The highest BCUT2D eigenvalue weighted by atomic mass is 35.5. The van der Waals surface area contributed by atoms with E-state index in [4.69, 9.17) is 23.2 Å². The summed E-state index contributed by atoms with van der Waals surface area (Å²) in [7, 11) is 0. The van der Waals surface area contributed by atoms with Crippen molar-refractivity contribution >= 4 is 59.6 Å². The second-order valence-corrected chi connectivity index (χ2v) is 5.97. The number of thiol groups is 1. The van der Waals surface area contributed by atoms with Gasteiger partial charge in [0.25, 0.3) is 5.91 Å². The Morgan fingerprint density at radius 3 is 2.81 bits per heavy atom. The quantitative estimate of drug-likeness (QED) is 0.613. The molecule has 1 N–H and O–H groups in total. The van der Waals surface area contributed by atoms with E-state index in [1.54, 1.807) is 24.3 Å². The Labute approximate surface area is 113 Å². The molecule has 0 spiro atoms. The average Bonchev–Trinajstić information content (AvgIpc) is 2.51. The highest BCUT2D eigenvalue weighted by Gasteiger charge is 2.24. The van der Waals surface area contributed by atoms with Crippen LogP contribution in [-0.2, 0) is 4.79 Å². The highest BCUT2D eigenvalue weighted by Crippen LogP contribution is 2.32. The van der Waals surface area contributed by atoms with E-state index in [1.165, 1.54) is 11.8 Å². The van der Waals surface area contributed by atoms with Gasteiger partial charge in [-0.3, -0.25) is 4.79 Å². The number of carbonyl (C=O) groups excluding carboxylic acids is 1. The molecule has 1 amide bonds. The van der Waals surface area contributed by atoms with Crippen molar-refractivity contribution in [2.24, 2.45) is 0 Å². The van der Waals surface area contributed by atoms with Gasteiger partial charge in [-0.2, -0.15) is 0 Å². The van der Waals surface area contributed by atoms with Gasteiger partial charge in [0.15, 0.2) is 0 Å². The van der Waals surface area contributed by atoms with Crippen molar-refractivity contribution in [1.82, 2.24) is 5.32 Å². The van der Waals surface area contributed by atoms with Gasteiger partial charge in [-0.15, -0.1) is 12.6 Å². The molecule has 1 heterocycles. The minimum atomic E-state index is -0.197. The molecule has 1 saturated heterocycles. The predicted octanol–water partition coefficient (Wildman–Crippen LogP) is 3.41. The van der Waals surface area contributed by atoms with E-state index in [0.29, 0.717) is 15.0 Å². The number of benzene rings is 1. The first-order valence-corrected chi connectivity index (χ1v) is 6.54. The fourth-order valence-corrected chi connectivity index (χ4v) is 2.83. The standard InChI is InChI=1S/C10H7Cl2NOS2/c11-6-1-2-7(12)5(3-6)4-8-9(14)13-10(15)16-8/h1-4,10,15H,(H,13,14)/b8-4-. The summed E-state index contributed by atoms with van der Waals surface area (Å²) in [5.74, 6) is -0.138. The molecule has 1 unspecified atom stereocenters. The van der Waals surface area contributed by atoms with Gasteiger partial charge in [-0.1, -0.05) is 35.0 Å². The number of hydrogen-bond acceptors (Lipinski definition) is 3. The van der Waals surface area contributed by atoms with Crippen LogP contribution in [0.25, 0.3) is 6.08 Å². The van der Waals surface area contributed by atoms with Gasteiger partial charge < -0.3 is 5.32 Å². The maximum atomic E-state index is 11.5. The van der Waals surface area contributed by atoms with Crippen molar-refractivity contribution in [3.8, 4) is 0 Å². The van der Waals surface area contributed by atoms with Crippen LogP contribution in [0.3, 0.4) is 0 Å². The van der Waals surface area contributed by atoms with E-state index in [1.807, 2.05) is 0 Å². The van der Waals surface area contributed by atoms with Gasteiger partial charge in [0.2, 0.25) is 0 Å². The summed E-state index contributed by atoms with van der Waals surface area (Å²) in [4.78, 5) is 12.0. The smallest absolute Gasteiger partial charge is 0.259 e. The van der Waals surface area contributed by atoms with Gasteiger partial charge in [0.1, 0.15) is 4.71 Å². The second-order valence-electron chi connectivity index (χ2n) is 3.12. The normalized spacial score (nSPS) is 22.6. The zero-order valence-electron chi connectivity index (χ0n) is 7.91. The topological polar surface area (TPSA) is 29.1 Å². The number of rotatable bonds is 1. The minimum absolute atomic E-state index is 0.138. The van der Waals surface area contributed by atoms with Crippen LogP contribution in [0.5, 0.6) is 0 Å². The number of amides is 1. The fraction of sp³-hybridized carbons (Fsp3) is 0.100. The predicted molar refractivity (Wildman–Crippen MR) is 72.9 cm³/mol. The number of halogens is 2. The summed E-state index contributed by atoms with van der Waals surface area (Å²) >= 11 is 17.4. The summed E-state index contributed by atoms with van der Waals surface area (Å²) in [5.41, 5.74) is 0.731. The Balaban J connectivity index is 2.35. The Kier molecular flexibility index (Phi) is 3.74. The van der Waals surface area contributed by atoms with E-state index in [-0.39, 0.29) is 10.6 Å². The van der Waals surface area contributed by atoms with Gasteiger partial charge >= 0.3 is 0 Å². The van der Waals surface area contributed by atoms with Crippen LogP contribution in [-0.4, -0.2) is 10.6 Å². The molecule has 1 aromatic carbocycles. The van der Waals surface area contributed by atoms with Crippen molar-refractivity contribution in [2.75, 3.05) is 0 Å². The van der Waals surface area contributed by atoms with Crippen LogP contribution in [0.15, 0.2) is 23.1 Å². The molecule has 2 rings (SSSR count). The Morgan fingerprint density at radius 1 is 1.44 bits per heavy atom. The van der Waals surface area contributed by atoms with Crippen molar-refractivity contribution in [3.63, 3.8) is 0 Å². The zero-order valence-corrected chi connectivity index (χ0v) is 11.1. The SMILES string of the molecule is O=C1NC(S)S/C1=C\c1cc(Cl)ccc1Cl. The van der Waals surface area contributed by atoms with Crippen LogP contribution in [0.1, 0.15) is 5.56 Å². The van der Waals surface area contributed by atoms with Crippen molar-refractivity contribution in [3.05, 3.63) is 38.7 Å². The molecule has 1 aromatic rings. The molecule has 1 aliphatic rings. The summed E-state index contributed by atoms with van der Waals surface area (Å²) in [6, 6.07) is 5.12. The molecule has 1 atom stereocenters. The maximum absolute atomic E-state index is 11.5. The molecule has 0 bridgehead atoms. The van der Waals surface area contributed by atoms with Gasteiger partial charge in [-0.05, 0) is 29.8 Å². The van der Waals surface area contributed by atoms with Crippen LogP contribution in [0.4, 0.5) is 0 Å². The lowest BCUT2D eigenvalue weighted by Gasteiger charge is -2.00. The number of carbonyl (C=O) groups is 1. The summed E-state index contributed by atoms with van der Waals surface area (Å²) < 4.78 is -0.197. The van der Waals surface area contributed by atoms with Gasteiger partial charge in [0, 0.05) is 10.0 Å². The molecule has 6 heteroatoms. The van der Waals surface area contributed by atoms with Crippen LogP contribution >= 0.6 is 47.6 Å². The van der Waals surface area contributed by atoms with Crippen LogP contribution in [0.2, 0.25) is 10.0 Å². The van der Waals surface area contributed by atoms with Gasteiger partial charge in [-0.25, -0.2) is 0 Å². The third-order valence-corrected chi connectivity index (χ3v) is 3.88. The summed E-state index contributed by atoms with van der Waals surface area (Å²) in [6.45, 7) is 0. The average molecular weight is 292 g/mol. The van der Waals surface area contributed by atoms with Crippen molar-refractivity contribution in [2.45, 2.75) is 4.71 Å². The lowest BCUT2D eigenvalue weighted by atomic mass is 10.2. The molecule has 2 nitrogen and oxygen atoms in total. The van der Waals surface area contributed by atoms with E-state index >= 15 is 0 Å². The Bertz CT molecular complexity index is 476. The lowest BCUT2D eigenvalue weighted by Crippen LogP contribution is -2.19. The van der Waals surface area contributed by atoms with E-state index < -0.39 is 0 Å². The Hall–Kier alpha value is -0.290. The van der Waals surface area contributed by atoms with Crippen LogP contribution < -0.4 is 5.32 Å². The molecule has 84 valence electrons. The number of thioether (sulfide) groups is 1. The molecule has 16 heavy (non-hydrogen) atoms. The second kappa shape index (κ2) is 4.92. The van der Waals surface area contributed by atoms with E-state index in [0.717, 1.165) is 5.56 Å². The zero-order chi connectivity index (χ0) is 11.7. The fourth-order valence-electron chi connectivity index (χ4n) is 1.25. The third-order valence-electron chi connectivity index (χ3n) is 1.96. The molecule has 0 saturated carbocycles. The monoisotopic (exact) mass is 291 g/mol. The molecule has 1 fully saturated rings. The molecular weight excluding hydrogens is 285 g/mol. The van der Waals surface area contributed by atoms with Crippen molar-refractivity contribution in [1.29, 1.82) is 0 Å². The minimum Gasteiger partial charge on any atom is -0.331 e. The first kappa shape index (κ1) is 12.2. The lowest BCUT2D eigenvalue weighted by molar-refractivity contribution is -0.116. The largest absolute Gasteiger partial charge is 0.331 e. The molecule has 0 aromatic heterocycles. The first-order chi connectivity index (χ1) is 7.56. The molecule has 0 aliphatic carbocycles. The van der Waals surface area contributed by atoms with Crippen molar-refractivity contribution < 1.29 is 4.79 Å². The maximum Gasteiger partial charge on any atom is 0.259 e. The van der Waals surface area contributed by atoms with E-state index in [2.05, 4.69) is 17.9 Å². The van der Waals surface area contributed by atoms with E-state index in [9.17, 15) is 4.79 Å². The summed E-state index contributed by atoms with van der Waals surface area (Å²) in [6.07, 6.45) is 1.71. The highest BCUT2D eigenvalue weighted by molar-refractivity contribution is 8.14. The molecule has 1 aliphatic heterocycles. The number of hydrogen-bond donors (Lipinski definition) is 2. The van der Waals surface area contributed by atoms with Crippen LogP contribution in [0, 0.1) is 0 Å². The summed E-state index contributed by atoms with van der Waals surface area (Å²) in [5, 5.41) is 3.81. The Morgan fingerprint density at radius 2 is 2.19 bits per heavy atom.